The third kappa shape index (κ3) is 2.93. The van der Waals surface area contributed by atoms with Gasteiger partial charge in [-0.15, -0.1) is 0 Å². The molecule has 2 unspecified atom stereocenters. The molecule has 0 radical (unpaired) electrons. The number of ether oxygens (including phenoxy) is 1. The smallest absolute Gasteiger partial charge is 0.237 e. The number of amides is 1. The molecule has 0 heterocycles. The monoisotopic (exact) mass is 280 g/mol. The minimum atomic E-state index is -0.723. The van der Waals surface area contributed by atoms with Gasteiger partial charge in [0.15, 0.2) is 11.6 Å². The summed E-state index contributed by atoms with van der Waals surface area (Å²) in [4.78, 5) is 11.7. The van der Waals surface area contributed by atoms with Gasteiger partial charge in [-0.1, -0.05) is 13.0 Å². The van der Waals surface area contributed by atoms with E-state index in [1.165, 1.54) is 6.07 Å². The van der Waals surface area contributed by atoms with Gasteiger partial charge >= 0.3 is 0 Å². The molecule has 0 bridgehead atoms. The summed E-state index contributed by atoms with van der Waals surface area (Å²) in [5.41, 5.74) is 5.71. The fourth-order valence-corrected chi connectivity index (χ4v) is 2.79. The number of carbonyl (C=O) groups excluding carboxylic acids is 1. The number of hydrogen-bond acceptors (Lipinski definition) is 3. The second-order valence-electron chi connectivity index (χ2n) is 5.39. The van der Waals surface area contributed by atoms with Crippen LogP contribution in [0.4, 0.5) is 4.39 Å². The fourth-order valence-electron chi connectivity index (χ4n) is 2.79. The highest BCUT2D eigenvalue weighted by molar-refractivity contribution is 5.85. The third-order valence-electron chi connectivity index (χ3n) is 3.84. The summed E-state index contributed by atoms with van der Waals surface area (Å²) in [6.45, 7) is 4.47. The number of nitrogens with two attached hydrogens (primary N) is 1. The molecular weight excluding hydrogens is 259 g/mol. The van der Waals surface area contributed by atoms with Crippen LogP contribution >= 0.6 is 0 Å². The Morgan fingerprint density at radius 2 is 2.35 bits per heavy atom. The van der Waals surface area contributed by atoms with Crippen molar-refractivity contribution in [2.24, 2.45) is 5.73 Å². The lowest BCUT2D eigenvalue weighted by atomic mass is 9.96. The van der Waals surface area contributed by atoms with Crippen LogP contribution in [-0.2, 0) is 4.79 Å². The molecule has 0 aromatic heterocycles. The van der Waals surface area contributed by atoms with E-state index < -0.39 is 5.54 Å². The van der Waals surface area contributed by atoms with Crippen molar-refractivity contribution in [3.05, 3.63) is 29.6 Å². The molecule has 0 saturated heterocycles. The first kappa shape index (κ1) is 14.8. The Labute approximate surface area is 118 Å². The van der Waals surface area contributed by atoms with Crippen molar-refractivity contribution in [2.75, 3.05) is 6.54 Å². The molecule has 1 saturated carbocycles. The van der Waals surface area contributed by atoms with Crippen LogP contribution in [0, 0.1) is 12.7 Å². The third-order valence-corrected chi connectivity index (χ3v) is 3.84. The lowest BCUT2D eigenvalue weighted by Gasteiger charge is -2.26. The van der Waals surface area contributed by atoms with Crippen LogP contribution in [0.25, 0.3) is 0 Å². The van der Waals surface area contributed by atoms with E-state index >= 15 is 0 Å². The van der Waals surface area contributed by atoms with Crippen molar-refractivity contribution in [1.29, 1.82) is 0 Å². The molecule has 1 aliphatic rings. The molecule has 2 rings (SSSR count). The first-order valence-electron chi connectivity index (χ1n) is 6.94. The Morgan fingerprint density at radius 1 is 1.60 bits per heavy atom. The van der Waals surface area contributed by atoms with Crippen molar-refractivity contribution in [3.8, 4) is 5.75 Å². The van der Waals surface area contributed by atoms with Gasteiger partial charge in [0.25, 0.3) is 0 Å². The molecule has 5 heteroatoms. The van der Waals surface area contributed by atoms with Crippen LogP contribution in [0.2, 0.25) is 0 Å². The summed E-state index contributed by atoms with van der Waals surface area (Å²) < 4.78 is 19.4. The van der Waals surface area contributed by atoms with Crippen LogP contribution in [0.15, 0.2) is 18.2 Å². The molecular formula is C15H21FN2O2. The largest absolute Gasteiger partial charge is 0.487 e. The number of hydrogen-bond donors (Lipinski definition) is 2. The predicted octanol–water partition coefficient (Wildman–Crippen LogP) is 1.90. The summed E-state index contributed by atoms with van der Waals surface area (Å²) >= 11 is 0. The van der Waals surface area contributed by atoms with Crippen molar-refractivity contribution >= 4 is 5.91 Å². The Kier molecular flexibility index (Phi) is 4.28. The van der Waals surface area contributed by atoms with E-state index in [-0.39, 0.29) is 23.6 Å². The zero-order chi connectivity index (χ0) is 14.8. The van der Waals surface area contributed by atoms with E-state index in [4.69, 9.17) is 10.5 Å². The Morgan fingerprint density at radius 3 is 3.00 bits per heavy atom. The second-order valence-corrected chi connectivity index (χ2v) is 5.39. The van der Waals surface area contributed by atoms with E-state index in [9.17, 15) is 9.18 Å². The minimum Gasteiger partial charge on any atom is -0.487 e. The standard InChI is InChI=1S/C15H21FN2O2/c1-3-18-15(14(17)19)7-6-11(9-15)20-13-8-10(2)4-5-12(13)16/h4-5,8,11,18H,3,6-7,9H2,1-2H3,(H2,17,19). The van der Waals surface area contributed by atoms with Crippen molar-refractivity contribution in [2.45, 2.75) is 44.8 Å². The van der Waals surface area contributed by atoms with Gasteiger partial charge in [-0.25, -0.2) is 4.39 Å². The van der Waals surface area contributed by atoms with Gasteiger partial charge in [-0.3, -0.25) is 4.79 Å². The van der Waals surface area contributed by atoms with Crippen LogP contribution < -0.4 is 15.8 Å². The van der Waals surface area contributed by atoms with Crippen LogP contribution in [-0.4, -0.2) is 24.1 Å². The lowest BCUT2D eigenvalue weighted by molar-refractivity contribution is -0.124. The van der Waals surface area contributed by atoms with Crippen molar-refractivity contribution in [1.82, 2.24) is 5.32 Å². The van der Waals surface area contributed by atoms with Crippen molar-refractivity contribution < 1.29 is 13.9 Å². The van der Waals surface area contributed by atoms with Crippen LogP contribution in [0.5, 0.6) is 5.75 Å². The zero-order valence-corrected chi connectivity index (χ0v) is 11.9. The quantitative estimate of drug-likeness (QED) is 0.866. The summed E-state index contributed by atoms with van der Waals surface area (Å²) in [5, 5.41) is 3.15. The van der Waals surface area contributed by atoms with Crippen molar-refractivity contribution in [3.63, 3.8) is 0 Å². The van der Waals surface area contributed by atoms with Crippen LogP contribution in [0.3, 0.4) is 0 Å². The predicted molar refractivity (Wildman–Crippen MR) is 75.0 cm³/mol. The first-order chi connectivity index (χ1) is 9.47. The minimum absolute atomic E-state index is 0.196. The van der Waals surface area contributed by atoms with E-state index in [1.807, 2.05) is 13.8 Å². The second kappa shape index (κ2) is 5.79. The summed E-state index contributed by atoms with van der Waals surface area (Å²) in [6, 6.07) is 4.77. The van der Waals surface area contributed by atoms with Gasteiger partial charge in [-0.2, -0.15) is 0 Å². The van der Waals surface area contributed by atoms with E-state index in [1.54, 1.807) is 12.1 Å². The molecule has 1 fully saturated rings. The number of carbonyl (C=O) groups is 1. The molecule has 0 spiro atoms. The molecule has 1 aliphatic carbocycles. The molecule has 1 aromatic carbocycles. The highest BCUT2D eigenvalue weighted by atomic mass is 19.1. The molecule has 20 heavy (non-hydrogen) atoms. The lowest BCUT2D eigenvalue weighted by Crippen LogP contribution is -2.54. The Hall–Kier alpha value is -1.62. The number of primary amides is 1. The van der Waals surface area contributed by atoms with Gasteiger partial charge in [-0.05, 0) is 44.0 Å². The van der Waals surface area contributed by atoms with E-state index in [2.05, 4.69) is 5.32 Å². The number of nitrogens with one attached hydrogen (secondary N) is 1. The molecule has 0 aliphatic heterocycles. The van der Waals surface area contributed by atoms with Gasteiger partial charge < -0.3 is 15.8 Å². The zero-order valence-electron chi connectivity index (χ0n) is 11.9. The number of aryl methyl sites for hydroxylation is 1. The number of rotatable bonds is 5. The molecule has 1 amide bonds. The number of halogens is 1. The van der Waals surface area contributed by atoms with Gasteiger partial charge in [0.05, 0.1) is 0 Å². The number of likely N-dealkylation sites (N-methyl/N-ethyl adjacent to an activating group) is 1. The van der Waals surface area contributed by atoms with Gasteiger partial charge in [0.2, 0.25) is 5.91 Å². The van der Waals surface area contributed by atoms with Crippen LogP contribution in [0.1, 0.15) is 31.7 Å². The maximum atomic E-state index is 13.7. The van der Waals surface area contributed by atoms with Gasteiger partial charge in [0, 0.05) is 6.42 Å². The molecule has 1 aromatic rings. The Bertz CT molecular complexity index is 507. The maximum Gasteiger partial charge on any atom is 0.237 e. The molecule has 2 atom stereocenters. The first-order valence-corrected chi connectivity index (χ1v) is 6.94. The molecule has 4 nitrogen and oxygen atoms in total. The van der Waals surface area contributed by atoms with E-state index in [0.717, 1.165) is 5.56 Å². The van der Waals surface area contributed by atoms with Gasteiger partial charge in [0.1, 0.15) is 11.6 Å². The summed E-state index contributed by atoms with van der Waals surface area (Å²) in [6.07, 6.45) is 1.58. The average molecular weight is 280 g/mol. The normalized spacial score (nSPS) is 25.6. The fraction of sp³-hybridized carbons (Fsp3) is 0.533. The topological polar surface area (TPSA) is 64.3 Å². The van der Waals surface area contributed by atoms with E-state index in [0.29, 0.717) is 25.8 Å². The molecule has 110 valence electrons. The highest BCUT2D eigenvalue weighted by Gasteiger charge is 2.44. The summed E-state index contributed by atoms with van der Waals surface area (Å²) in [5.74, 6) is -0.502. The average Bonchev–Trinajstić information content (AvgIpc) is 2.79. The Balaban J connectivity index is 2.09. The summed E-state index contributed by atoms with van der Waals surface area (Å²) in [7, 11) is 0. The SMILES string of the molecule is CCNC1(C(N)=O)CCC(Oc2cc(C)ccc2F)C1. The maximum absolute atomic E-state index is 13.7. The number of benzene rings is 1. The molecule has 3 N–H and O–H groups in total. The highest BCUT2D eigenvalue weighted by Crippen LogP contribution is 2.33.